The van der Waals surface area contributed by atoms with Crippen LogP contribution >= 0.6 is 0 Å². The fourth-order valence-electron chi connectivity index (χ4n) is 2.08. The molecule has 0 aliphatic heterocycles. The van der Waals surface area contributed by atoms with Crippen LogP contribution in [0.3, 0.4) is 0 Å². The lowest BCUT2D eigenvalue weighted by Crippen LogP contribution is -2.38. The van der Waals surface area contributed by atoms with Crippen molar-refractivity contribution < 1.29 is 5.11 Å². The van der Waals surface area contributed by atoms with Gasteiger partial charge in [-0.2, -0.15) is 0 Å². The van der Waals surface area contributed by atoms with Gasteiger partial charge in [0.1, 0.15) is 0 Å². The molecule has 0 bridgehead atoms. The predicted octanol–water partition coefficient (Wildman–Crippen LogP) is 2.17. The quantitative estimate of drug-likeness (QED) is 0.727. The molecule has 0 amide bonds. The molecule has 2 heteroatoms. The number of hydrogen-bond acceptors (Lipinski definition) is 2. The minimum absolute atomic E-state index is 0.209. The lowest BCUT2D eigenvalue weighted by molar-refractivity contribution is 0.126. The van der Waals surface area contributed by atoms with Crippen LogP contribution in [0.2, 0.25) is 0 Å². The Morgan fingerprint density at radius 1 is 1.29 bits per heavy atom. The first-order chi connectivity index (χ1) is 6.54. The van der Waals surface area contributed by atoms with Crippen LogP contribution in [0, 0.1) is 11.3 Å². The first kappa shape index (κ1) is 12.0. The lowest BCUT2D eigenvalue weighted by Gasteiger charge is -2.30. The number of hydrogen-bond donors (Lipinski definition) is 2. The molecule has 1 rings (SSSR count). The second kappa shape index (κ2) is 5.13. The molecule has 0 radical (unpaired) electrons. The van der Waals surface area contributed by atoms with Crippen molar-refractivity contribution in [3.63, 3.8) is 0 Å². The molecule has 2 N–H and O–H groups in total. The molecular weight excluding hydrogens is 174 g/mol. The summed E-state index contributed by atoms with van der Waals surface area (Å²) in [4.78, 5) is 0. The topological polar surface area (TPSA) is 32.3 Å². The lowest BCUT2D eigenvalue weighted by atomic mass is 9.81. The van der Waals surface area contributed by atoms with Gasteiger partial charge in [-0.25, -0.2) is 0 Å². The van der Waals surface area contributed by atoms with Crippen LogP contribution in [0.25, 0.3) is 0 Å². The van der Waals surface area contributed by atoms with E-state index in [1.165, 1.54) is 25.7 Å². The second-order valence-corrected chi connectivity index (χ2v) is 5.64. The number of rotatable bonds is 4. The molecule has 2 nitrogen and oxygen atoms in total. The Bertz CT molecular complexity index is 156. The van der Waals surface area contributed by atoms with Crippen LogP contribution in [0.4, 0.5) is 0 Å². The van der Waals surface area contributed by atoms with Crippen molar-refractivity contribution in [3.8, 4) is 0 Å². The molecule has 0 spiro atoms. The molecule has 14 heavy (non-hydrogen) atoms. The van der Waals surface area contributed by atoms with Gasteiger partial charge in [0.15, 0.2) is 0 Å². The maximum atomic E-state index is 9.30. The fraction of sp³-hybridized carbons (Fsp3) is 1.00. The van der Waals surface area contributed by atoms with E-state index in [0.717, 1.165) is 6.54 Å². The first-order valence-electron chi connectivity index (χ1n) is 5.88. The third-order valence-electron chi connectivity index (χ3n) is 3.45. The zero-order chi connectivity index (χ0) is 10.6. The molecule has 1 aliphatic rings. The van der Waals surface area contributed by atoms with Gasteiger partial charge >= 0.3 is 0 Å². The molecule has 0 aromatic carbocycles. The van der Waals surface area contributed by atoms with Gasteiger partial charge in [0, 0.05) is 19.2 Å². The maximum absolute atomic E-state index is 9.30. The van der Waals surface area contributed by atoms with Gasteiger partial charge in [-0.1, -0.05) is 33.6 Å². The minimum atomic E-state index is 0.209. The monoisotopic (exact) mass is 199 g/mol. The van der Waals surface area contributed by atoms with Crippen molar-refractivity contribution in [3.05, 3.63) is 0 Å². The summed E-state index contributed by atoms with van der Waals surface area (Å²) >= 11 is 0. The van der Waals surface area contributed by atoms with E-state index in [0.29, 0.717) is 18.6 Å². The fourth-order valence-corrected chi connectivity index (χ4v) is 2.08. The normalized spacial score (nSPS) is 21.4. The van der Waals surface area contributed by atoms with E-state index in [2.05, 4.69) is 26.1 Å². The van der Waals surface area contributed by atoms with Crippen LogP contribution in [0.1, 0.15) is 46.5 Å². The van der Waals surface area contributed by atoms with Gasteiger partial charge < -0.3 is 10.4 Å². The average molecular weight is 199 g/mol. The zero-order valence-corrected chi connectivity index (χ0v) is 9.84. The van der Waals surface area contributed by atoms with Gasteiger partial charge in [-0.15, -0.1) is 0 Å². The molecule has 1 saturated carbocycles. The zero-order valence-electron chi connectivity index (χ0n) is 9.84. The molecule has 84 valence electrons. The Hall–Kier alpha value is -0.0800. The predicted molar refractivity (Wildman–Crippen MR) is 60.3 cm³/mol. The molecular formula is C12H25NO. The average Bonchev–Trinajstić information content (AvgIpc) is 2.55. The number of aliphatic hydroxyl groups excluding tert-OH is 1. The summed E-state index contributed by atoms with van der Waals surface area (Å²) in [6, 6.07) is 0.714. The van der Waals surface area contributed by atoms with Crippen LogP contribution in [0.5, 0.6) is 0 Å². The van der Waals surface area contributed by atoms with E-state index < -0.39 is 0 Å². The van der Waals surface area contributed by atoms with Gasteiger partial charge in [-0.05, 0) is 24.2 Å². The van der Waals surface area contributed by atoms with Gasteiger partial charge in [-0.3, -0.25) is 0 Å². The van der Waals surface area contributed by atoms with Crippen molar-refractivity contribution in [1.82, 2.24) is 5.32 Å². The number of aliphatic hydroxyl groups is 1. The summed E-state index contributed by atoms with van der Waals surface area (Å²) in [5.41, 5.74) is 0.209. The van der Waals surface area contributed by atoms with Crippen LogP contribution in [-0.2, 0) is 0 Å². The largest absolute Gasteiger partial charge is 0.396 e. The molecule has 1 aliphatic carbocycles. The van der Waals surface area contributed by atoms with Crippen molar-refractivity contribution >= 4 is 0 Å². The Labute approximate surface area is 88.1 Å². The highest BCUT2D eigenvalue weighted by Gasteiger charge is 2.25. The van der Waals surface area contributed by atoms with Crippen molar-refractivity contribution in [2.24, 2.45) is 11.3 Å². The van der Waals surface area contributed by atoms with E-state index in [-0.39, 0.29) is 5.41 Å². The molecule has 0 heterocycles. The van der Waals surface area contributed by atoms with Crippen LogP contribution in [0.15, 0.2) is 0 Å². The molecule has 0 saturated heterocycles. The summed E-state index contributed by atoms with van der Waals surface area (Å²) in [5, 5.41) is 12.9. The summed E-state index contributed by atoms with van der Waals surface area (Å²) in [6.07, 6.45) is 5.39. The molecule has 1 fully saturated rings. The Morgan fingerprint density at radius 2 is 1.86 bits per heavy atom. The smallest absolute Gasteiger partial charge is 0.0476 e. The SMILES string of the molecule is CC(C)(C)C(CO)CNC1CCCC1. The van der Waals surface area contributed by atoms with E-state index in [4.69, 9.17) is 0 Å². The summed E-state index contributed by atoms with van der Waals surface area (Å²) in [6.45, 7) is 7.85. The van der Waals surface area contributed by atoms with Crippen molar-refractivity contribution in [2.45, 2.75) is 52.5 Å². The summed E-state index contributed by atoms with van der Waals surface area (Å²) < 4.78 is 0. The van der Waals surface area contributed by atoms with E-state index in [1.807, 2.05) is 0 Å². The highest BCUT2D eigenvalue weighted by Crippen LogP contribution is 2.25. The van der Waals surface area contributed by atoms with Crippen molar-refractivity contribution in [2.75, 3.05) is 13.2 Å². The van der Waals surface area contributed by atoms with Gasteiger partial charge in [0.25, 0.3) is 0 Å². The van der Waals surface area contributed by atoms with E-state index in [1.54, 1.807) is 0 Å². The Morgan fingerprint density at radius 3 is 2.29 bits per heavy atom. The highest BCUT2D eigenvalue weighted by molar-refractivity contribution is 4.79. The maximum Gasteiger partial charge on any atom is 0.0476 e. The summed E-state index contributed by atoms with van der Waals surface area (Å²) in [5.74, 6) is 0.378. The Kier molecular flexibility index (Phi) is 4.39. The minimum Gasteiger partial charge on any atom is -0.396 e. The molecule has 0 aromatic rings. The molecule has 0 aromatic heterocycles. The second-order valence-electron chi connectivity index (χ2n) is 5.64. The van der Waals surface area contributed by atoms with Gasteiger partial charge in [0.2, 0.25) is 0 Å². The highest BCUT2D eigenvalue weighted by atomic mass is 16.3. The van der Waals surface area contributed by atoms with Crippen LogP contribution < -0.4 is 5.32 Å². The first-order valence-corrected chi connectivity index (χ1v) is 5.88. The van der Waals surface area contributed by atoms with Gasteiger partial charge in [0.05, 0.1) is 0 Å². The van der Waals surface area contributed by atoms with E-state index >= 15 is 0 Å². The van der Waals surface area contributed by atoms with E-state index in [9.17, 15) is 5.11 Å². The molecule has 1 atom stereocenters. The number of nitrogens with one attached hydrogen (secondary N) is 1. The third-order valence-corrected chi connectivity index (χ3v) is 3.45. The summed E-state index contributed by atoms with van der Waals surface area (Å²) in [7, 11) is 0. The Balaban J connectivity index is 2.26. The van der Waals surface area contributed by atoms with Crippen molar-refractivity contribution in [1.29, 1.82) is 0 Å². The molecule has 1 unspecified atom stereocenters. The standard InChI is InChI=1S/C12H25NO/c1-12(2,3)10(9-14)8-13-11-6-4-5-7-11/h10-11,13-14H,4-9H2,1-3H3. The third kappa shape index (κ3) is 3.58. The van der Waals surface area contributed by atoms with Crippen LogP contribution in [-0.4, -0.2) is 24.3 Å².